The normalized spacial score (nSPS) is 34.5. The van der Waals surface area contributed by atoms with Gasteiger partial charge in [-0.2, -0.15) is 0 Å². The first-order chi connectivity index (χ1) is 20.3. The number of methoxy groups -OCH3 is 1. The maximum absolute atomic E-state index is 12.5. The zero-order valence-corrected chi connectivity index (χ0v) is 26.8. The Labute approximate surface area is 256 Å². The van der Waals surface area contributed by atoms with Crippen LogP contribution < -0.4 is 10.6 Å². The van der Waals surface area contributed by atoms with E-state index in [0.717, 1.165) is 31.3 Å². The fraction of sp³-hybridized carbons (Fsp3) is 0.727. The second-order valence-electron chi connectivity index (χ2n) is 12.7. The minimum Gasteiger partial charge on any atom is -0.459 e. The Bertz CT molecular complexity index is 1050. The number of nitrogens with one attached hydrogen (secondary N) is 2. The van der Waals surface area contributed by atoms with E-state index in [9.17, 15) is 19.5 Å². The van der Waals surface area contributed by atoms with Crippen LogP contribution in [-0.4, -0.2) is 84.3 Å². The Morgan fingerprint density at radius 2 is 1.84 bits per heavy atom. The molecule has 1 aliphatic carbocycles. The fourth-order valence-corrected chi connectivity index (χ4v) is 5.87. The van der Waals surface area contributed by atoms with Crippen molar-refractivity contribution in [3.05, 3.63) is 36.0 Å². The third kappa shape index (κ3) is 10.6. The Kier molecular flexibility index (Phi) is 13.0. The van der Waals surface area contributed by atoms with Gasteiger partial charge in [-0.25, -0.2) is 0 Å². The number of amides is 2. The van der Waals surface area contributed by atoms with E-state index in [2.05, 4.69) is 23.6 Å². The summed E-state index contributed by atoms with van der Waals surface area (Å²) in [5.74, 6) is -0.444. The Morgan fingerprint density at radius 3 is 2.47 bits per heavy atom. The monoisotopic (exact) mass is 604 g/mol. The molecule has 0 aromatic carbocycles. The molecular weight excluding hydrogens is 552 g/mol. The first-order valence-electron chi connectivity index (χ1n) is 15.6. The van der Waals surface area contributed by atoms with Crippen LogP contribution in [0.1, 0.15) is 86.5 Å². The van der Waals surface area contributed by atoms with E-state index in [1.807, 2.05) is 32.9 Å². The van der Waals surface area contributed by atoms with Gasteiger partial charge in [-0.05, 0) is 71.8 Å². The number of rotatable bonds is 12. The van der Waals surface area contributed by atoms with Crippen molar-refractivity contribution in [2.45, 2.75) is 141 Å². The van der Waals surface area contributed by atoms with Crippen LogP contribution in [0.15, 0.2) is 36.0 Å². The van der Waals surface area contributed by atoms with Gasteiger partial charge in [0.05, 0.1) is 36.4 Å². The SMILES string of the molecule is COC1(C)C[C@@H](CC(=O)NC2CCC2)OC(/C=C/C(C)=C/CC2OC(C)C(NC(=O)/C=C\C(C)OC(C)=O)CC2C)[C@H]1O. The highest BCUT2D eigenvalue weighted by Gasteiger charge is 2.46. The molecule has 10 nitrogen and oxygen atoms in total. The van der Waals surface area contributed by atoms with Gasteiger partial charge in [0.15, 0.2) is 0 Å². The van der Waals surface area contributed by atoms with E-state index in [-0.39, 0.29) is 54.5 Å². The van der Waals surface area contributed by atoms with Crippen LogP contribution in [0.2, 0.25) is 0 Å². The number of carbonyl (C=O) groups is 3. The average molecular weight is 605 g/mol. The number of ether oxygens (including phenoxy) is 4. The van der Waals surface area contributed by atoms with Gasteiger partial charge in [0.1, 0.15) is 18.3 Å². The molecule has 0 aromatic heterocycles. The predicted molar refractivity (Wildman–Crippen MR) is 163 cm³/mol. The maximum Gasteiger partial charge on any atom is 0.303 e. The van der Waals surface area contributed by atoms with Crippen LogP contribution in [-0.2, 0) is 33.3 Å². The fourth-order valence-electron chi connectivity index (χ4n) is 5.87. The van der Waals surface area contributed by atoms with Crippen LogP contribution in [0.5, 0.6) is 0 Å². The number of hydrogen-bond donors (Lipinski definition) is 3. The quantitative estimate of drug-likeness (QED) is 0.175. The molecule has 3 rings (SSSR count). The minimum absolute atomic E-state index is 0.00195. The van der Waals surface area contributed by atoms with Crippen LogP contribution in [0, 0.1) is 5.92 Å². The summed E-state index contributed by atoms with van der Waals surface area (Å²) in [6, 6.07) is 0.148. The van der Waals surface area contributed by atoms with Gasteiger partial charge in [0.2, 0.25) is 11.8 Å². The van der Waals surface area contributed by atoms with Crippen molar-refractivity contribution in [2.75, 3.05) is 7.11 Å². The van der Waals surface area contributed by atoms with Gasteiger partial charge >= 0.3 is 5.97 Å². The highest BCUT2D eigenvalue weighted by atomic mass is 16.5. The van der Waals surface area contributed by atoms with Gasteiger partial charge in [-0.15, -0.1) is 0 Å². The first-order valence-corrected chi connectivity index (χ1v) is 15.6. The number of allylic oxidation sites excluding steroid dienone is 2. The van der Waals surface area contributed by atoms with Gasteiger partial charge in [-0.3, -0.25) is 14.4 Å². The van der Waals surface area contributed by atoms with E-state index < -0.39 is 29.9 Å². The van der Waals surface area contributed by atoms with Crippen molar-refractivity contribution in [1.82, 2.24) is 10.6 Å². The number of aliphatic hydroxyl groups excluding tert-OH is 1. The summed E-state index contributed by atoms with van der Waals surface area (Å²) in [5.41, 5.74) is 0.182. The topological polar surface area (TPSA) is 132 Å². The molecule has 0 bridgehead atoms. The molecule has 1 saturated carbocycles. The number of carbonyl (C=O) groups excluding carboxylic acids is 3. The largest absolute Gasteiger partial charge is 0.459 e. The van der Waals surface area contributed by atoms with Crippen molar-refractivity contribution < 1.29 is 38.4 Å². The van der Waals surface area contributed by atoms with E-state index in [1.54, 1.807) is 20.1 Å². The van der Waals surface area contributed by atoms with Gasteiger partial charge in [0, 0.05) is 32.6 Å². The minimum atomic E-state index is -0.873. The molecule has 2 aliphatic heterocycles. The molecule has 3 aliphatic rings. The summed E-state index contributed by atoms with van der Waals surface area (Å²) in [5, 5.41) is 17.1. The predicted octanol–water partition coefficient (Wildman–Crippen LogP) is 3.67. The lowest BCUT2D eigenvalue weighted by molar-refractivity contribution is -0.207. The second-order valence-corrected chi connectivity index (χ2v) is 12.7. The van der Waals surface area contributed by atoms with Gasteiger partial charge < -0.3 is 34.7 Å². The number of hydrogen-bond acceptors (Lipinski definition) is 8. The Balaban J connectivity index is 1.52. The van der Waals surface area contributed by atoms with E-state index >= 15 is 0 Å². The molecule has 2 saturated heterocycles. The molecular formula is C33H52N2O8. The summed E-state index contributed by atoms with van der Waals surface area (Å²) in [6.07, 6.45) is 11.7. The lowest BCUT2D eigenvalue weighted by atomic mass is 9.84. The van der Waals surface area contributed by atoms with Crippen molar-refractivity contribution >= 4 is 17.8 Å². The summed E-state index contributed by atoms with van der Waals surface area (Å²) < 4.78 is 23.2. The first kappa shape index (κ1) is 35.0. The molecule has 0 radical (unpaired) electrons. The van der Waals surface area contributed by atoms with Crippen molar-refractivity contribution in [1.29, 1.82) is 0 Å². The molecule has 242 valence electrons. The zero-order valence-electron chi connectivity index (χ0n) is 26.8. The smallest absolute Gasteiger partial charge is 0.303 e. The molecule has 0 spiro atoms. The molecule has 10 heteroatoms. The molecule has 9 atom stereocenters. The van der Waals surface area contributed by atoms with Crippen LogP contribution in [0.25, 0.3) is 0 Å². The van der Waals surface area contributed by atoms with Crippen LogP contribution in [0.3, 0.4) is 0 Å². The van der Waals surface area contributed by atoms with E-state index in [1.165, 1.54) is 13.0 Å². The highest BCUT2D eigenvalue weighted by Crippen LogP contribution is 2.34. The molecule has 43 heavy (non-hydrogen) atoms. The molecule has 3 N–H and O–H groups in total. The zero-order chi connectivity index (χ0) is 31.7. The standard InChI is InChI=1S/C33H52N2O8/c1-20(11-14-28-21(2)17-27(23(4)42-28)35-30(37)16-13-22(3)41-24(5)36)12-15-29-32(39)33(6,40-7)19-26(43-29)18-31(38)34-25-9-8-10-25/h11-13,15-16,21-23,25-29,32,39H,8-10,14,17-19H2,1-7H3,(H,34,38)(H,35,37)/b15-12+,16-13-,20-11+/t21?,22?,23?,26-,27?,28?,29?,32-,33?/m1/s1. The van der Waals surface area contributed by atoms with Gasteiger partial charge in [-0.1, -0.05) is 30.7 Å². The highest BCUT2D eigenvalue weighted by molar-refractivity contribution is 5.87. The molecule has 7 unspecified atom stereocenters. The summed E-state index contributed by atoms with van der Waals surface area (Å²) in [4.78, 5) is 36.0. The van der Waals surface area contributed by atoms with Crippen LogP contribution >= 0.6 is 0 Å². The van der Waals surface area contributed by atoms with Crippen molar-refractivity contribution in [3.8, 4) is 0 Å². The number of aliphatic hydroxyl groups is 1. The Morgan fingerprint density at radius 1 is 1.12 bits per heavy atom. The second kappa shape index (κ2) is 16.0. The molecule has 3 fully saturated rings. The van der Waals surface area contributed by atoms with E-state index in [4.69, 9.17) is 18.9 Å². The van der Waals surface area contributed by atoms with E-state index in [0.29, 0.717) is 12.8 Å². The molecule has 2 heterocycles. The number of esters is 1. The lowest BCUT2D eigenvalue weighted by Gasteiger charge is -2.44. The maximum atomic E-state index is 12.5. The molecule has 2 amide bonds. The van der Waals surface area contributed by atoms with Gasteiger partial charge in [0.25, 0.3) is 0 Å². The van der Waals surface area contributed by atoms with Crippen LogP contribution in [0.4, 0.5) is 0 Å². The average Bonchev–Trinajstić information content (AvgIpc) is 2.91. The van der Waals surface area contributed by atoms with Crippen molar-refractivity contribution in [3.63, 3.8) is 0 Å². The Hall–Kier alpha value is -2.53. The third-order valence-corrected chi connectivity index (χ3v) is 8.90. The van der Waals surface area contributed by atoms with Crippen molar-refractivity contribution in [2.24, 2.45) is 5.92 Å². The lowest BCUT2D eigenvalue weighted by Crippen LogP contribution is -2.56. The molecule has 0 aromatic rings. The summed E-state index contributed by atoms with van der Waals surface area (Å²) >= 11 is 0. The summed E-state index contributed by atoms with van der Waals surface area (Å²) in [7, 11) is 1.58. The third-order valence-electron chi connectivity index (χ3n) is 8.90. The summed E-state index contributed by atoms with van der Waals surface area (Å²) in [6.45, 7) is 11.0.